The number of benzene rings is 2. The molecule has 0 bridgehead atoms. The number of fused-ring (bicyclic) bond motifs is 2. The monoisotopic (exact) mass is 346 g/mol. The lowest BCUT2D eigenvalue weighted by Crippen LogP contribution is -2.13. The summed E-state index contributed by atoms with van der Waals surface area (Å²) < 4.78 is 4.83. The van der Waals surface area contributed by atoms with Crippen LogP contribution in [0.1, 0.15) is 22.3 Å². The maximum atomic E-state index is 11.3. The molecule has 4 nitrogen and oxygen atoms in total. The van der Waals surface area contributed by atoms with E-state index in [2.05, 4.69) is 42.3 Å². The molecule has 0 saturated carbocycles. The van der Waals surface area contributed by atoms with E-state index in [1.54, 1.807) is 0 Å². The third-order valence-corrected chi connectivity index (χ3v) is 4.16. The zero-order chi connectivity index (χ0) is 18.4. The molecule has 2 aliphatic carbocycles. The Kier molecular flexibility index (Phi) is 5.54. The highest BCUT2D eigenvalue weighted by Crippen LogP contribution is 2.23. The number of ether oxygens (including phenoxy) is 1. The van der Waals surface area contributed by atoms with Crippen molar-refractivity contribution >= 4 is 29.6 Å². The number of hydrogen-bond acceptors (Lipinski definition) is 3. The normalized spacial score (nSPS) is 12.6. The van der Waals surface area contributed by atoms with Gasteiger partial charge >= 0.3 is 6.09 Å². The Labute approximate surface area is 153 Å². The molecule has 4 heteroatoms. The molecule has 4 rings (SSSR count). The summed E-state index contributed by atoms with van der Waals surface area (Å²) in [4.78, 5) is 11.3. The fourth-order valence-corrected chi connectivity index (χ4v) is 2.88. The van der Waals surface area contributed by atoms with Gasteiger partial charge in [-0.2, -0.15) is 0 Å². The van der Waals surface area contributed by atoms with Gasteiger partial charge in [-0.3, -0.25) is 5.32 Å². The Bertz CT molecular complexity index is 882. The van der Waals surface area contributed by atoms with Crippen LogP contribution in [0.3, 0.4) is 0 Å². The Morgan fingerprint density at radius 3 is 2.42 bits per heavy atom. The summed E-state index contributed by atoms with van der Waals surface area (Å²) >= 11 is 0. The molecule has 0 spiro atoms. The van der Waals surface area contributed by atoms with Crippen LogP contribution >= 0.6 is 0 Å². The third kappa shape index (κ3) is 4.42. The molecule has 132 valence electrons. The minimum absolute atomic E-state index is 0.219. The van der Waals surface area contributed by atoms with E-state index in [9.17, 15) is 4.79 Å². The number of nitrogen functional groups attached to an aromatic ring is 1. The SMILES string of the molecule is C=CCOC(=O)Nc1ccc2c(c1)C=CC2.Nc1ccc2c(c1)C=CC2. The van der Waals surface area contributed by atoms with E-state index in [4.69, 9.17) is 10.5 Å². The van der Waals surface area contributed by atoms with Crippen LogP contribution in [-0.4, -0.2) is 12.7 Å². The van der Waals surface area contributed by atoms with Crippen LogP contribution in [0, 0.1) is 0 Å². The molecule has 0 radical (unpaired) electrons. The molecule has 0 unspecified atom stereocenters. The van der Waals surface area contributed by atoms with Gasteiger partial charge in [0, 0.05) is 11.4 Å². The second kappa shape index (κ2) is 8.21. The van der Waals surface area contributed by atoms with Gasteiger partial charge in [0.15, 0.2) is 0 Å². The fourth-order valence-electron chi connectivity index (χ4n) is 2.88. The Morgan fingerprint density at radius 2 is 1.73 bits per heavy atom. The van der Waals surface area contributed by atoms with E-state index in [1.165, 1.54) is 22.8 Å². The van der Waals surface area contributed by atoms with E-state index in [0.29, 0.717) is 0 Å². The lowest BCUT2D eigenvalue weighted by molar-refractivity contribution is 0.174. The van der Waals surface area contributed by atoms with Crippen molar-refractivity contribution in [3.8, 4) is 0 Å². The molecule has 2 aliphatic rings. The van der Waals surface area contributed by atoms with E-state index >= 15 is 0 Å². The minimum Gasteiger partial charge on any atom is -0.445 e. The maximum Gasteiger partial charge on any atom is 0.411 e. The number of carbonyl (C=O) groups is 1. The molecule has 0 aliphatic heterocycles. The van der Waals surface area contributed by atoms with Gasteiger partial charge in [0.1, 0.15) is 6.61 Å². The number of amides is 1. The number of nitrogens with two attached hydrogens (primary N) is 1. The average molecular weight is 346 g/mol. The summed E-state index contributed by atoms with van der Waals surface area (Å²) in [6.45, 7) is 3.69. The first-order valence-electron chi connectivity index (χ1n) is 8.55. The first-order valence-corrected chi connectivity index (χ1v) is 8.55. The molecule has 2 aromatic carbocycles. The van der Waals surface area contributed by atoms with E-state index in [1.807, 2.05) is 30.3 Å². The van der Waals surface area contributed by atoms with Crippen LogP contribution in [0.25, 0.3) is 12.2 Å². The Balaban J connectivity index is 0.000000167. The summed E-state index contributed by atoms with van der Waals surface area (Å²) in [5.74, 6) is 0. The smallest absolute Gasteiger partial charge is 0.411 e. The standard InChI is InChI=1S/C13H13NO2.C9H9N/c1-2-8-16-13(15)14-12-7-6-10-4-3-5-11(10)9-12;10-9-5-4-7-2-1-3-8(7)6-9/h2-3,5-7,9H,1,4,8H2,(H,14,15);1,3-6H,2,10H2. The first-order chi connectivity index (χ1) is 12.7. The average Bonchev–Trinajstić information content (AvgIpc) is 3.28. The van der Waals surface area contributed by atoms with Crippen molar-refractivity contribution in [2.45, 2.75) is 12.8 Å². The van der Waals surface area contributed by atoms with Gasteiger partial charge in [-0.05, 0) is 59.4 Å². The van der Waals surface area contributed by atoms with Crippen LogP contribution in [0.4, 0.5) is 16.2 Å². The van der Waals surface area contributed by atoms with Crippen molar-refractivity contribution in [2.24, 2.45) is 0 Å². The molecule has 0 atom stereocenters. The molecular formula is C22H22N2O2. The highest BCUT2D eigenvalue weighted by atomic mass is 16.5. The van der Waals surface area contributed by atoms with Crippen LogP contribution in [-0.2, 0) is 17.6 Å². The highest BCUT2D eigenvalue weighted by molar-refractivity contribution is 5.85. The van der Waals surface area contributed by atoms with E-state index in [-0.39, 0.29) is 6.61 Å². The van der Waals surface area contributed by atoms with E-state index < -0.39 is 6.09 Å². The molecule has 3 N–H and O–H groups in total. The van der Waals surface area contributed by atoms with Crippen LogP contribution in [0.15, 0.2) is 61.2 Å². The predicted molar refractivity (Wildman–Crippen MR) is 108 cm³/mol. The Hall–Kier alpha value is -3.27. The highest BCUT2D eigenvalue weighted by Gasteiger charge is 2.07. The van der Waals surface area contributed by atoms with Crippen molar-refractivity contribution < 1.29 is 9.53 Å². The lowest BCUT2D eigenvalue weighted by Gasteiger charge is -2.06. The Morgan fingerprint density at radius 1 is 1.08 bits per heavy atom. The molecule has 0 fully saturated rings. The topological polar surface area (TPSA) is 64.3 Å². The van der Waals surface area contributed by atoms with E-state index in [0.717, 1.165) is 29.8 Å². The number of hydrogen-bond donors (Lipinski definition) is 2. The number of rotatable bonds is 3. The minimum atomic E-state index is -0.457. The zero-order valence-corrected chi connectivity index (χ0v) is 14.6. The van der Waals surface area contributed by atoms with Gasteiger partial charge in [0.2, 0.25) is 0 Å². The number of anilines is 2. The largest absolute Gasteiger partial charge is 0.445 e. The summed E-state index contributed by atoms with van der Waals surface area (Å²) in [6, 6.07) is 11.9. The first kappa shape index (κ1) is 17.5. The summed E-state index contributed by atoms with van der Waals surface area (Å²) in [6.07, 6.45) is 11.5. The summed E-state index contributed by atoms with van der Waals surface area (Å²) in [5.41, 5.74) is 12.3. The predicted octanol–water partition coefficient (Wildman–Crippen LogP) is 4.83. The fraction of sp³-hybridized carbons (Fsp3) is 0.136. The van der Waals surface area contributed by atoms with Gasteiger partial charge in [-0.15, -0.1) is 0 Å². The van der Waals surface area contributed by atoms with Gasteiger partial charge in [0.25, 0.3) is 0 Å². The summed E-state index contributed by atoms with van der Waals surface area (Å²) in [7, 11) is 0. The molecule has 1 amide bonds. The van der Waals surface area contributed by atoms with Gasteiger partial charge in [0.05, 0.1) is 0 Å². The van der Waals surface area contributed by atoms with Crippen molar-refractivity contribution in [2.75, 3.05) is 17.7 Å². The molecule has 0 aromatic heterocycles. The van der Waals surface area contributed by atoms with Crippen molar-refractivity contribution in [1.82, 2.24) is 0 Å². The summed E-state index contributed by atoms with van der Waals surface area (Å²) in [5, 5.41) is 2.66. The quantitative estimate of drug-likeness (QED) is 0.618. The van der Waals surface area contributed by atoms with Crippen LogP contribution < -0.4 is 11.1 Å². The van der Waals surface area contributed by atoms with Crippen molar-refractivity contribution in [3.05, 3.63) is 83.5 Å². The third-order valence-electron chi connectivity index (χ3n) is 4.16. The second-order valence-corrected chi connectivity index (χ2v) is 6.10. The second-order valence-electron chi connectivity index (χ2n) is 6.10. The number of allylic oxidation sites excluding steroid dienone is 2. The molecular weight excluding hydrogens is 324 g/mol. The van der Waals surface area contributed by atoms with Gasteiger partial charge < -0.3 is 10.5 Å². The van der Waals surface area contributed by atoms with Crippen molar-refractivity contribution in [1.29, 1.82) is 0 Å². The van der Waals surface area contributed by atoms with Gasteiger partial charge in [-0.25, -0.2) is 4.79 Å². The number of nitrogens with one attached hydrogen (secondary N) is 1. The van der Waals surface area contributed by atoms with Crippen LogP contribution in [0.5, 0.6) is 0 Å². The molecule has 0 heterocycles. The lowest BCUT2D eigenvalue weighted by atomic mass is 10.1. The van der Waals surface area contributed by atoms with Crippen molar-refractivity contribution in [3.63, 3.8) is 0 Å². The number of carbonyl (C=O) groups excluding carboxylic acids is 1. The molecule has 26 heavy (non-hydrogen) atoms. The zero-order valence-electron chi connectivity index (χ0n) is 14.6. The molecule has 0 saturated heterocycles. The van der Waals surface area contributed by atoms with Crippen LogP contribution in [0.2, 0.25) is 0 Å². The molecule has 2 aromatic rings. The van der Waals surface area contributed by atoms with Gasteiger partial charge in [-0.1, -0.05) is 49.1 Å². The maximum absolute atomic E-state index is 11.3.